The summed E-state index contributed by atoms with van der Waals surface area (Å²) in [4.78, 5) is 0. The summed E-state index contributed by atoms with van der Waals surface area (Å²) in [7, 11) is 0. The Bertz CT molecular complexity index is 166. The highest BCUT2D eigenvalue weighted by molar-refractivity contribution is 5.03. The average Bonchev–Trinajstić information content (AvgIpc) is 2.26. The van der Waals surface area contributed by atoms with Gasteiger partial charge in [0.2, 0.25) is 0 Å². The molecule has 12 heavy (non-hydrogen) atoms. The Hall–Kier alpha value is -0.0400. The lowest BCUT2D eigenvalue weighted by atomic mass is 9.53. The minimum absolute atomic E-state index is 0.0228. The highest BCUT2D eigenvalue weighted by Gasteiger charge is 2.49. The van der Waals surface area contributed by atoms with Crippen LogP contribution >= 0.6 is 0 Å². The molecule has 3 atom stereocenters. The van der Waals surface area contributed by atoms with Gasteiger partial charge in [-0.25, -0.2) is 0 Å². The molecule has 0 heterocycles. The van der Waals surface area contributed by atoms with Crippen LogP contribution in [0.15, 0.2) is 0 Å². The summed E-state index contributed by atoms with van der Waals surface area (Å²) in [5.74, 6) is 1.67. The van der Waals surface area contributed by atoms with Gasteiger partial charge in [-0.1, -0.05) is 25.7 Å². The minimum atomic E-state index is 0.0228. The van der Waals surface area contributed by atoms with Gasteiger partial charge < -0.3 is 5.73 Å². The van der Waals surface area contributed by atoms with E-state index < -0.39 is 0 Å². The lowest BCUT2D eigenvalue weighted by Crippen LogP contribution is -2.50. The van der Waals surface area contributed by atoms with E-state index in [9.17, 15) is 0 Å². The Morgan fingerprint density at radius 2 is 2.00 bits per heavy atom. The zero-order chi connectivity index (χ0) is 8.60. The van der Waals surface area contributed by atoms with Crippen molar-refractivity contribution in [1.29, 1.82) is 0 Å². The first-order chi connectivity index (χ1) is 5.76. The van der Waals surface area contributed by atoms with Crippen LogP contribution in [0, 0.1) is 24.2 Å². The fourth-order valence-electron chi connectivity index (χ4n) is 3.10. The summed E-state index contributed by atoms with van der Waals surface area (Å²) in [5.41, 5.74) is 5.72. The van der Waals surface area contributed by atoms with Crippen LogP contribution in [-0.4, -0.2) is 6.54 Å². The highest BCUT2D eigenvalue weighted by atomic mass is 14.7. The van der Waals surface area contributed by atoms with Crippen molar-refractivity contribution in [1.82, 2.24) is 0 Å². The first-order valence-electron chi connectivity index (χ1n) is 5.25. The molecule has 2 fully saturated rings. The summed E-state index contributed by atoms with van der Waals surface area (Å²) in [6.07, 6.45) is 8.13. The number of rotatable bonds is 1. The Morgan fingerprint density at radius 1 is 1.25 bits per heavy atom. The van der Waals surface area contributed by atoms with Gasteiger partial charge in [0.15, 0.2) is 0 Å². The maximum atomic E-state index is 6.20. The van der Waals surface area contributed by atoms with Crippen molar-refractivity contribution in [3.8, 4) is 0 Å². The second-order valence-electron chi connectivity index (χ2n) is 4.65. The lowest BCUT2D eigenvalue weighted by molar-refractivity contribution is -0.000994. The molecule has 68 valence electrons. The second-order valence-corrected chi connectivity index (χ2v) is 4.65. The molecule has 0 spiro atoms. The van der Waals surface area contributed by atoms with E-state index in [0.29, 0.717) is 6.54 Å². The molecule has 2 aliphatic rings. The van der Waals surface area contributed by atoms with Crippen LogP contribution in [0.5, 0.6) is 0 Å². The standard InChI is InChI=1S/C11H19N/c1-11(8-12)7-9-5-3-2-4-6-10(9)11/h1,9-10H,2-8,12H2/t9-,10-,11+/m0/s1. The van der Waals surface area contributed by atoms with Crippen molar-refractivity contribution >= 4 is 0 Å². The Labute approximate surface area is 75.7 Å². The summed E-state index contributed by atoms with van der Waals surface area (Å²) < 4.78 is 0. The quantitative estimate of drug-likeness (QED) is 0.633. The lowest BCUT2D eigenvalue weighted by Gasteiger charge is -2.52. The van der Waals surface area contributed by atoms with E-state index in [1.807, 2.05) is 0 Å². The van der Waals surface area contributed by atoms with Crippen molar-refractivity contribution < 1.29 is 0 Å². The Kier molecular flexibility index (Phi) is 2.16. The van der Waals surface area contributed by atoms with Crippen LogP contribution in [0.4, 0.5) is 0 Å². The third kappa shape index (κ3) is 1.19. The molecule has 0 aromatic heterocycles. The van der Waals surface area contributed by atoms with Gasteiger partial charge in [-0.2, -0.15) is 0 Å². The van der Waals surface area contributed by atoms with E-state index >= 15 is 0 Å². The summed E-state index contributed by atoms with van der Waals surface area (Å²) in [6.45, 7) is 6.89. The summed E-state index contributed by atoms with van der Waals surface area (Å²) in [5, 5.41) is 0. The van der Waals surface area contributed by atoms with Gasteiger partial charge in [0.25, 0.3) is 0 Å². The van der Waals surface area contributed by atoms with Gasteiger partial charge in [-0.3, -0.25) is 0 Å². The van der Waals surface area contributed by atoms with Crippen molar-refractivity contribution in [2.24, 2.45) is 23.0 Å². The fourth-order valence-corrected chi connectivity index (χ4v) is 3.10. The SMILES string of the molecule is [CH][C@]1(CN)C[C@@H]2CCCCC[C@@H]21. The van der Waals surface area contributed by atoms with Crippen LogP contribution in [0.3, 0.4) is 0 Å². The topological polar surface area (TPSA) is 26.0 Å². The van der Waals surface area contributed by atoms with Gasteiger partial charge in [0.05, 0.1) is 0 Å². The van der Waals surface area contributed by atoms with E-state index in [1.165, 1.54) is 38.5 Å². The second kappa shape index (κ2) is 3.02. The van der Waals surface area contributed by atoms with Crippen molar-refractivity contribution in [3.05, 3.63) is 6.92 Å². The zero-order valence-electron chi connectivity index (χ0n) is 7.76. The van der Waals surface area contributed by atoms with Gasteiger partial charge in [0.1, 0.15) is 0 Å². The van der Waals surface area contributed by atoms with Gasteiger partial charge in [-0.05, 0) is 43.6 Å². The van der Waals surface area contributed by atoms with E-state index in [-0.39, 0.29) is 5.41 Å². The maximum absolute atomic E-state index is 6.20. The first kappa shape index (κ1) is 8.55. The summed E-state index contributed by atoms with van der Waals surface area (Å²) >= 11 is 0. The normalized spacial score (nSPS) is 47.5. The number of nitrogens with two attached hydrogens (primary N) is 1. The monoisotopic (exact) mass is 165 g/mol. The molecule has 1 nitrogen and oxygen atoms in total. The molecule has 2 N–H and O–H groups in total. The zero-order valence-corrected chi connectivity index (χ0v) is 7.76. The maximum Gasteiger partial charge on any atom is -0.00148 e. The average molecular weight is 165 g/mol. The minimum Gasteiger partial charge on any atom is -0.330 e. The van der Waals surface area contributed by atoms with Crippen molar-refractivity contribution in [3.63, 3.8) is 0 Å². The molecule has 2 saturated carbocycles. The highest BCUT2D eigenvalue weighted by Crippen LogP contribution is 2.55. The van der Waals surface area contributed by atoms with E-state index in [2.05, 4.69) is 0 Å². The molecule has 0 unspecified atom stereocenters. The largest absolute Gasteiger partial charge is 0.330 e. The van der Waals surface area contributed by atoms with E-state index in [4.69, 9.17) is 12.7 Å². The van der Waals surface area contributed by atoms with Gasteiger partial charge in [-0.15, -0.1) is 0 Å². The molecule has 2 aliphatic carbocycles. The summed E-state index contributed by atoms with van der Waals surface area (Å²) in [6, 6.07) is 0. The molecular formula is C11H19N. The predicted molar refractivity (Wildman–Crippen MR) is 50.5 cm³/mol. The number of hydrogen-bond donors (Lipinski definition) is 1. The molecule has 0 aliphatic heterocycles. The van der Waals surface area contributed by atoms with E-state index in [0.717, 1.165) is 11.8 Å². The van der Waals surface area contributed by atoms with Gasteiger partial charge in [0, 0.05) is 0 Å². The smallest absolute Gasteiger partial charge is 0.00148 e. The van der Waals surface area contributed by atoms with E-state index in [1.54, 1.807) is 0 Å². The predicted octanol–water partition coefficient (Wildman–Crippen LogP) is 2.24. The molecular weight excluding hydrogens is 146 g/mol. The molecule has 0 aromatic carbocycles. The third-order valence-corrected chi connectivity index (χ3v) is 3.92. The third-order valence-electron chi connectivity index (χ3n) is 3.92. The van der Waals surface area contributed by atoms with Gasteiger partial charge >= 0.3 is 0 Å². The van der Waals surface area contributed by atoms with Crippen LogP contribution in [0.25, 0.3) is 0 Å². The molecule has 0 saturated heterocycles. The molecule has 1 heteroatoms. The Balaban J connectivity index is 2.00. The van der Waals surface area contributed by atoms with Crippen LogP contribution < -0.4 is 5.73 Å². The number of fused-ring (bicyclic) bond motifs is 1. The Morgan fingerprint density at radius 3 is 2.75 bits per heavy atom. The first-order valence-corrected chi connectivity index (χ1v) is 5.25. The molecule has 0 amide bonds. The molecule has 2 rings (SSSR count). The van der Waals surface area contributed by atoms with Crippen molar-refractivity contribution in [2.75, 3.05) is 6.54 Å². The van der Waals surface area contributed by atoms with Crippen molar-refractivity contribution in [2.45, 2.75) is 38.5 Å². The molecule has 0 bridgehead atoms. The van der Waals surface area contributed by atoms with Crippen LogP contribution in [0.2, 0.25) is 0 Å². The van der Waals surface area contributed by atoms with Crippen LogP contribution in [-0.2, 0) is 0 Å². The molecule has 2 radical (unpaired) electrons. The molecule has 0 aromatic rings. The number of hydrogen-bond acceptors (Lipinski definition) is 1. The van der Waals surface area contributed by atoms with Crippen LogP contribution in [0.1, 0.15) is 38.5 Å². The fraction of sp³-hybridized carbons (Fsp3) is 0.909.